The smallest absolute Gasteiger partial charge is 0.231 e. The summed E-state index contributed by atoms with van der Waals surface area (Å²) in [5.74, 6) is 2.62. The Kier molecular flexibility index (Phi) is 6.43. The van der Waals surface area contributed by atoms with Crippen molar-refractivity contribution < 1.29 is 19.3 Å². The summed E-state index contributed by atoms with van der Waals surface area (Å²) in [7, 11) is 1.91. The Bertz CT molecular complexity index is 1060. The standard InChI is InChI=1S/C26H27NO4/c1-3-23(20-8-13-24-25(16-20)31-17-30-24)26(18-4-9-21(28)10-5-18)19-6-11-22(12-7-19)29-15-14-27-2/h4-13,16,27-28H,3,14-15,17H2,1-2H3/b26-23-. The zero-order valence-electron chi connectivity index (χ0n) is 17.9. The lowest BCUT2D eigenvalue weighted by molar-refractivity contribution is 0.174. The highest BCUT2D eigenvalue weighted by atomic mass is 16.7. The van der Waals surface area contributed by atoms with E-state index < -0.39 is 0 Å². The molecule has 0 unspecified atom stereocenters. The highest BCUT2D eigenvalue weighted by Crippen LogP contribution is 2.40. The molecule has 5 nitrogen and oxygen atoms in total. The molecule has 0 aliphatic carbocycles. The van der Waals surface area contributed by atoms with E-state index in [1.54, 1.807) is 12.1 Å². The van der Waals surface area contributed by atoms with Crippen LogP contribution in [0.15, 0.2) is 66.7 Å². The third-order valence-electron chi connectivity index (χ3n) is 5.30. The Morgan fingerprint density at radius 3 is 2.23 bits per heavy atom. The number of phenolic OH excluding ortho intramolecular Hbond substituents is 1. The fourth-order valence-corrected chi connectivity index (χ4v) is 3.74. The fraction of sp³-hybridized carbons (Fsp3) is 0.231. The van der Waals surface area contributed by atoms with Crippen molar-refractivity contribution in [3.8, 4) is 23.0 Å². The topological polar surface area (TPSA) is 60.0 Å². The Balaban J connectivity index is 1.79. The van der Waals surface area contributed by atoms with E-state index in [9.17, 15) is 5.11 Å². The third kappa shape index (κ3) is 4.67. The van der Waals surface area contributed by atoms with E-state index in [0.29, 0.717) is 6.61 Å². The minimum Gasteiger partial charge on any atom is -0.508 e. The Morgan fingerprint density at radius 2 is 1.55 bits per heavy atom. The minimum atomic E-state index is 0.248. The average Bonchev–Trinajstić information content (AvgIpc) is 3.27. The number of benzene rings is 3. The van der Waals surface area contributed by atoms with Gasteiger partial charge < -0.3 is 24.6 Å². The first-order valence-electron chi connectivity index (χ1n) is 10.5. The number of hydrogen-bond donors (Lipinski definition) is 2. The van der Waals surface area contributed by atoms with Crippen LogP contribution >= 0.6 is 0 Å². The van der Waals surface area contributed by atoms with Gasteiger partial charge in [0, 0.05) is 6.54 Å². The molecule has 0 spiro atoms. The molecule has 3 aromatic rings. The second-order valence-electron chi connectivity index (χ2n) is 7.30. The zero-order valence-corrected chi connectivity index (χ0v) is 17.9. The first kappa shape index (κ1) is 20.8. The molecule has 2 N–H and O–H groups in total. The van der Waals surface area contributed by atoms with Crippen LogP contribution in [0.5, 0.6) is 23.0 Å². The molecule has 1 aliphatic heterocycles. The minimum absolute atomic E-state index is 0.248. The van der Waals surface area contributed by atoms with Crippen molar-refractivity contribution in [1.29, 1.82) is 0 Å². The Morgan fingerprint density at radius 1 is 0.903 bits per heavy atom. The number of aromatic hydroxyl groups is 1. The summed E-state index contributed by atoms with van der Waals surface area (Å²) in [6.07, 6.45) is 0.830. The molecule has 0 radical (unpaired) electrons. The van der Waals surface area contributed by atoms with Gasteiger partial charge in [-0.3, -0.25) is 0 Å². The summed E-state index contributed by atoms with van der Waals surface area (Å²) in [6.45, 7) is 3.82. The van der Waals surface area contributed by atoms with Crippen molar-refractivity contribution >= 4 is 11.1 Å². The van der Waals surface area contributed by atoms with E-state index in [-0.39, 0.29) is 12.5 Å². The molecule has 3 aromatic carbocycles. The molecule has 0 aromatic heterocycles. The largest absolute Gasteiger partial charge is 0.508 e. The highest BCUT2D eigenvalue weighted by molar-refractivity contribution is 5.99. The molecule has 1 heterocycles. The van der Waals surface area contributed by atoms with Crippen LogP contribution in [0.3, 0.4) is 0 Å². The van der Waals surface area contributed by atoms with Crippen molar-refractivity contribution in [2.75, 3.05) is 27.0 Å². The van der Waals surface area contributed by atoms with Crippen molar-refractivity contribution in [3.05, 3.63) is 83.4 Å². The number of ether oxygens (including phenoxy) is 3. The van der Waals surface area contributed by atoms with E-state index in [1.165, 1.54) is 5.57 Å². The maximum Gasteiger partial charge on any atom is 0.231 e. The van der Waals surface area contributed by atoms with Gasteiger partial charge >= 0.3 is 0 Å². The van der Waals surface area contributed by atoms with Crippen molar-refractivity contribution in [2.24, 2.45) is 0 Å². The number of allylic oxidation sites excluding steroid dienone is 1. The molecule has 0 saturated carbocycles. The summed E-state index contributed by atoms with van der Waals surface area (Å²) >= 11 is 0. The molecule has 0 atom stereocenters. The highest BCUT2D eigenvalue weighted by Gasteiger charge is 2.18. The zero-order chi connectivity index (χ0) is 21.6. The lowest BCUT2D eigenvalue weighted by Crippen LogP contribution is -2.15. The first-order chi connectivity index (χ1) is 15.2. The molecule has 0 bridgehead atoms. The molecule has 0 amide bonds. The number of likely N-dealkylation sites (N-methyl/N-ethyl adjacent to an activating group) is 1. The second kappa shape index (κ2) is 9.58. The van der Waals surface area contributed by atoms with E-state index in [1.807, 2.05) is 43.4 Å². The van der Waals surface area contributed by atoms with E-state index in [4.69, 9.17) is 14.2 Å². The van der Waals surface area contributed by atoms with Gasteiger partial charge in [-0.05, 0) is 77.7 Å². The number of nitrogens with one attached hydrogen (secondary N) is 1. The summed E-state index contributed by atoms with van der Waals surface area (Å²) < 4.78 is 16.9. The van der Waals surface area contributed by atoms with Crippen LogP contribution in [0.2, 0.25) is 0 Å². The molecule has 4 rings (SSSR count). The van der Waals surface area contributed by atoms with Gasteiger partial charge in [-0.15, -0.1) is 0 Å². The van der Waals surface area contributed by atoms with Gasteiger partial charge in [0.2, 0.25) is 6.79 Å². The van der Waals surface area contributed by atoms with Crippen LogP contribution in [-0.4, -0.2) is 32.1 Å². The molecule has 0 fully saturated rings. The lowest BCUT2D eigenvalue weighted by atomic mass is 9.88. The van der Waals surface area contributed by atoms with Gasteiger partial charge in [0.25, 0.3) is 0 Å². The van der Waals surface area contributed by atoms with Gasteiger partial charge in [-0.1, -0.05) is 37.3 Å². The van der Waals surface area contributed by atoms with Crippen LogP contribution in [0.1, 0.15) is 30.0 Å². The van der Waals surface area contributed by atoms with Gasteiger partial charge in [0.1, 0.15) is 18.1 Å². The van der Waals surface area contributed by atoms with Crippen LogP contribution < -0.4 is 19.5 Å². The first-order valence-corrected chi connectivity index (χ1v) is 10.5. The quantitative estimate of drug-likeness (QED) is 0.395. The monoisotopic (exact) mass is 417 g/mol. The Hall–Kier alpha value is -3.44. The van der Waals surface area contributed by atoms with Crippen LogP contribution in [-0.2, 0) is 0 Å². The van der Waals surface area contributed by atoms with Crippen LogP contribution in [0.25, 0.3) is 11.1 Å². The SMILES string of the molecule is CC/C(=C(\c1ccc(O)cc1)c1ccc(OCCNC)cc1)c1ccc2c(c1)OCO2. The molecular formula is C26H27NO4. The molecule has 5 heteroatoms. The second-order valence-corrected chi connectivity index (χ2v) is 7.30. The molecule has 0 saturated heterocycles. The molecule has 160 valence electrons. The van der Waals surface area contributed by atoms with Crippen LogP contribution in [0.4, 0.5) is 0 Å². The molecular weight excluding hydrogens is 390 g/mol. The summed E-state index contributed by atoms with van der Waals surface area (Å²) in [6, 6.07) is 21.6. The van der Waals surface area contributed by atoms with Crippen molar-refractivity contribution in [3.63, 3.8) is 0 Å². The van der Waals surface area contributed by atoms with E-state index in [0.717, 1.165) is 52.5 Å². The van der Waals surface area contributed by atoms with E-state index in [2.05, 4.69) is 30.4 Å². The van der Waals surface area contributed by atoms with Gasteiger partial charge in [0.05, 0.1) is 0 Å². The van der Waals surface area contributed by atoms with Gasteiger partial charge in [-0.25, -0.2) is 0 Å². The summed E-state index contributed by atoms with van der Waals surface area (Å²) in [5.41, 5.74) is 5.51. The Labute approximate surface area is 182 Å². The summed E-state index contributed by atoms with van der Waals surface area (Å²) in [5, 5.41) is 12.9. The maximum absolute atomic E-state index is 9.80. The molecule has 1 aliphatic rings. The number of rotatable bonds is 8. The predicted octanol–water partition coefficient (Wildman–Crippen LogP) is 5.09. The maximum atomic E-state index is 9.80. The van der Waals surface area contributed by atoms with Crippen LogP contribution in [0, 0.1) is 0 Å². The van der Waals surface area contributed by atoms with Gasteiger partial charge in [0.15, 0.2) is 11.5 Å². The normalized spacial score (nSPS) is 13.1. The average molecular weight is 418 g/mol. The fourth-order valence-electron chi connectivity index (χ4n) is 3.74. The number of phenols is 1. The molecule has 31 heavy (non-hydrogen) atoms. The van der Waals surface area contributed by atoms with Gasteiger partial charge in [-0.2, -0.15) is 0 Å². The lowest BCUT2D eigenvalue weighted by Gasteiger charge is -2.17. The number of hydrogen-bond acceptors (Lipinski definition) is 5. The van der Waals surface area contributed by atoms with E-state index >= 15 is 0 Å². The predicted molar refractivity (Wildman–Crippen MR) is 123 cm³/mol. The third-order valence-corrected chi connectivity index (χ3v) is 5.30. The van der Waals surface area contributed by atoms with Crippen molar-refractivity contribution in [2.45, 2.75) is 13.3 Å². The summed E-state index contributed by atoms with van der Waals surface area (Å²) in [4.78, 5) is 0. The van der Waals surface area contributed by atoms with Crippen molar-refractivity contribution in [1.82, 2.24) is 5.32 Å². The number of fused-ring (bicyclic) bond motifs is 1.